The van der Waals surface area contributed by atoms with Crippen LogP contribution in [0.1, 0.15) is 11.1 Å². The van der Waals surface area contributed by atoms with E-state index in [0.717, 1.165) is 16.7 Å². The third-order valence-corrected chi connectivity index (χ3v) is 8.50. The number of piperazine rings is 1. The molecule has 34 heavy (non-hydrogen) atoms. The number of aryl methyl sites for hydroxylation is 2. The van der Waals surface area contributed by atoms with Gasteiger partial charge in [0.2, 0.25) is 10.0 Å². The van der Waals surface area contributed by atoms with E-state index < -0.39 is 10.0 Å². The molecule has 1 aliphatic heterocycles. The molecule has 0 unspecified atom stereocenters. The summed E-state index contributed by atoms with van der Waals surface area (Å²) in [6.07, 6.45) is 0. The number of hydrogen-bond acceptors (Lipinski definition) is 9. The zero-order chi connectivity index (χ0) is 23.9. The normalized spacial score (nSPS) is 15.0. The van der Waals surface area contributed by atoms with Crippen molar-refractivity contribution in [1.82, 2.24) is 24.6 Å². The Balaban J connectivity index is 1.50. The highest BCUT2D eigenvalue weighted by Gasteiger charge is 2.25. The molecule has 11 heteroatoms. The molecule has 9 nitrogen and oxygen atoms in total. The van der Waals surface area contributed by atoms with Crippen molar-refractivity contribution in [2.45, 2.75) is 18.7 Å². The first-order valence-electron chi connectivity index (χ1n) is 10.9. The molecular weight excluding hydrogens is 470 g/mol. The van der Waals surface area contributed by atoms with Gasteiger partial charge in [-0.05, 0) is 49.2 Å². The Morgan fingerprint density at radius 2 is 1.68 bits per heavy atom. The number of nitrogens with zero attached hydrogens (tertiary/aromatic N) is 4. The minimum atomic E-state index is -3.52. The van der Waals surface area contributed by atoms with Crippen molar-refractivity contribution >= 4 is 48.3 Å². The molecule has 0 bridgehead atoms. The largest absolute Gasteiger partial charge is 0.375 e. The van der Waals surface area contributed by atoms with E-state index in [1.807, 2.05) is 32.0 Å². The fourth-order valence-electron chi connectivity index (χ4n) is 4.09. The number of benzene rings is 2. The third-order valence-electron chi connectivity index (χ3n) is 5.81. The van der Waals surface area contributed by atoms with Gasteiger partial charge in [-0.3, -0.25) is 0 Å². The van der Waals surface area contributed by atoms with E-state index in [4.69, 9.17) is 15.7 Å². The summed E-state index contributed by atoms with van der Waals surface area (Å²) in [5.74, 6) is 1.11. The van der Waals surface area contributed by atoms with Crippen molar-refractivity contribution in [3.8, 4) is 11.4 Å². The molecule has 4 N–H and O–H groups in total. The fraction of sp³-hybridized carbons (Fsp3) is 0.261. The van der Waals surface area contributed by atoms with E-state index in [1.54, 1.807) is 24.3 Å². The number of aromatic nitrogens is 3. The van der Waals surface area contributed by atoms with E-state index >= 15 is 0 Å². The lowest BCUT2D eigenvalue weighted by Gasteiger charge is -2.26. The van der Waals surface area contributed by atoms with Crippen LogP contribution in [-0.2, 0) is 10.0 Å². The molecule has 0 atom stereocenters. The summed E-state index contributed by atoms with van der Waals surface area (Å²) in [5, 5.41) is 6.86. The van der Waals surface area contributed by atoms with Crippen LogP contribution < -0.4 is 16.4 Å². The molecule has 176 valence electrons. The third kappa shape index (κ3) is 4.23. The van der Waals surface area contributed by atoms with E-state index in [2.05, 4.69) is 15.6 Å². The number of sulfonamides is 1. The smallest absolute Gasteiger partial charge is 0.243 e. The number of thiazole rings is 1. The molecule has 0 saturated carbocycles. The first-order valence-corrected chi connectivity index (χ1v) is 13.2. The summed E-state index contributed by atoms with van der Waals surface area (Å²) in [5.41, 5.74) is 10.4. The Morgan fingerprint density at radius 1 is 1.00 bits per heavy atom. The second-order valence-electron chi connectivity index (χ2n) is 8.17. The van der Waals surface area contributed by atoms with Crippen molar-refractivity contribution in [1.29, 1.82) is 0 Å². The Morgan fingerprint density at radius 3 is 2.35 bits per heavy atom. The predicted molar refractivity (Wildman–Crippen MR) is 136 cm³/mol. The summed E-state index contributed by atoms with van der Waals surface area (Å²) in [4.78, 5) is 14.9. The minimum absolute atomic E-state index is 0.266. The fourth-order valence-corrected chi connectivity index (χ4v) is 6.23. The zero-order valence-electron chi connectivity index (χ0n) is 18.9. The second-order valence-corrected chi connectivity index (χ2v) is 11.1. The molecule has 1 aliphatic rings. The molecule has 0 radical (unpaired) electrons. The number of nitrogens with one attached hydrogen (secondary N) is 2. The van der Waals surface area contributed by atoms with Crippen molar-refractivity contribution in [2.24, 2.45) is 0 Å². The van der Waals surface area contributed by atoms with Gasteiger partial charge < -0.3 is 16.4 Å². The van der Waals surface area contributed by atoms with E-state index in [1.165, 1.54) is 15.6 Å². The highest BCUT2D eigenvalue weighted by atomic mass is 32.2. The molecular formula is C23H25N7O2S2. The zero-order valence-corrected chi connectivity index (χ0v) is 20.5. The van der Waals surface area contributed by atoms with Crippen LogP contribution in [0.25, 0.3) is 21.7 Å². The number of fused-ring (bicyclic) bond motifs is 1. The van der Waals surface area contributed by atoms with Crippen LogP contribution in [0.5, 0.6) is 0 Å². The van der Waals surface area contributed by atoms with Gasteiger partial charge in [0.25, 0.3) is 0 Å². The first kappa shape index (κ1) is 22.7. The lowest BCUT2D eigenvalue weighted by Crippen LogP contribution is -2.46. The predicted octanol–water partition coefficient (Wildman–Crippen LogP) is 3.29. The van der Waals surface area contributed by atoms with Crippen LogP contribution in [0.4, 0.5) is 16.6 Å². The summed E-state index contributed by atoms with van der Waals surface area (Å²) < 4.78 is 27.4. The quantitative estimate of drug-likeness (QED) is 0.385. The van der Waals surface area contributed by atoms with Crippen LogP contribution in [0.2, 0.25) is 0 Å². The highest BCUT2D eigenvalue weighted by molar-refractivity contribution is 7.89. The van der Waals surface area contributed by atoms with Crippen molar-refractivity contribution < 1.29 is 8.42 Å². The molecule has 3 heterocycles. The Labute approximate surface area is 202 Å². The summed E-state index contributed by atoms with van der Waals surface area (Å²) in [7, 11) is -3.52. The van der Waals surface area contributed by atoms with E-state index in [0.29, 0.717) is 59.0 Å². The van der Waals surface area contributed by atoms with Crippen molar-refractivity contribution in [3.05, 3.63) is 53.6 Å². The van der Waals surface area contributed by atoms with Gasteiger partial charge in [-0.25, -0.2) is 23.4 Å². The number of nitrogen functional groups attached to an aromatic ring is 1. The SMILES string of the molecule is Cc1cccc(C)c1-c1nc(Nc2ccc(S(=O)(=O)N3CCNCC3)cc2)c2nc(N)sc2n1. The average Bonchev–Trinajstić information content (AvgIpc) is 3.20. The number of hydrogen-bond donors (Lipinski definition) is 3. The van der Waals surface area contributed by atoms with Crippen LogP contribution in [0.3, 0.4) is 0 Å². The molecule has 4 aromatic rings. The van der Waals surface area contributed by atoms with Crippen LogP contribution >= 0.6 is 11.3 Å². The van der Waals surface area contributed by atoms with Crippen molar-refractivity contribution in [2.75, 3.05) is 37.2 Å². The van der Waals surface area contributed by atoms with Crippen LogP contribution in [0, 0.1) is 13.8 Å². The number of rotatable bonds is 5. The van der Waals surface area contributed by atoms with Gasteiger partial charge in [-0.2, -0.15) is 4.31 Å². The lowest BCUT2D eigenvalue weighted by molar-refractivity contribution is 0.360. The lowest BCUT2D eigenvalue weighted by atomic mass is 10.0. The number of nitrogens with two attached hydrogens (primary N) is 1. The van der Waals surface area contributed by atoms with Gasteiger partial charge in [0.1, 0.15) is 5.52 Å². The molecule has 2 aromatic heterocycles. The van der Waals surface area contributed by atoms with E-state index in [9.17, 15) is 8.42 Å². The minimum Gasteiger partial charge on any atom is -0.375 e. The Bertz CT molecular complexity index is 1440. The summed E-state index contributed by atoms with van der Waals surface area (Å²) in [6.45, 7) is 6.30. The van der Waals surface area contributed by atoms with Gasteiger partial charge >= 0.3 is 0 Å². The van der Waals surface area contributed by atoms with Gasteiger partial charge in [0, 0.05) is 37.4 Å². The standard InChI is InChI=1S/C23H25N7O2S2/c1-14-4-3-5-15(2)18(14)20-28-21(19-22(29-20)33-23(24)27-19)26-16-6-8-17(9-7-16)34(31,32)30-12-10-25-11-13-30/h3-9,25H,10-13H2,1-2H3,(H2,24,27)(H,26,28,29). The monoisotopic (exact) mass is 495 g/mol. The highest BCUT2D eigenvalue weighted by Crippen LogP contribution is 2.33. The second kappa shape index (κ2) is 8.91. The molecule has 1 saturated heterocycles. The molecule has 2 aromatic carbocycles. The molecule has 0 amide bonds. The van der Waals surface area contributed by atoms with Crippen LogP contribution in [0.15, 0.2) is 47.4 Å². The molecule has 1 fully saturated rings. The maximum Gasteiger partial charge on any atom is 0.243 e. The maximum absolute atomic E-state index is 12.9. The summed E-state index contributed by atoms with van der Waals surface area (Å²) >= 11 is 1.30. The Hall–Kier alpha value is -3.12. The topological polar surface area (TPSA) is 126 Å². The van der Waals surface area contributed by atoms with Gasteiger partial charge in [-0.1, -0.05) is 29.5 Å². The first-order chi connectivity index (χ1) is 16.3. The van der Waals surface area contributed by atoms with E-state index in [-0.39, 0.29) is 4.90 Å². The Kier molecular flexibility index (Phi) is 5.94. The van der Waals surface area contributed by atoms with Crippen LogP contribution in [-0.4, -0.2) is 53.9 Å². The average molecular weight is 496 g/mol. The molecule has 0 aliphatic carbocycles. The van der Waals surface area contributed by atoms with Gasteiger partial charge in [0.05, 0.1) is 4.90 Å². The van der Waals surface area contributed by atoms with Gasteiger partial charge in [0.15, 0.2) is 21.6 Å². The van der Waals surface area contributed by atoms with Gasteiger partial charge in [-0.15, -0.1) is 0 Å². The maximum atomic E-state index is 12.9. The number of anilines is 3. The molecule has 5 rings (SSSR count). The van der Waals surface area contributed by atoms with Crippen molar-refractivity contribution in [3.63, 3.8) is 0 Å². The molecule has 0 spiro atoms. The summed E-state index contributed by atoms with van der Waals surface area (Å²) in [6, 6.07) is 12.8.